The predicted molar refractivity (Wildman–Crippen MR) is 121 cm³/mol. The number of nitriles is 1. The molecule has 0 saturated carbocycles. The molecule has 0 aliphatic heterocycles. The SMILES string of the molecule is N#CCCCCC(NC(=O)OCC1c2ccccc2-c2ccccc21)C(=O)NCCC(=O)O. The Kier molecular flexibility index (Phi) is 8.42. The van der Waals surface area contributed by atoms with E-state index >= 15 is 0 Å². The van der Waals surface area contributed by atoms with Gasteiger partial charge in [-0.05, 0) is 41.5 Å². The zero-order valence-electron chi connectivity index (χ0n) is 18.3. The second-order valence-electron chi connectivity index (χ2n) is 7.86. The van der Waals surface area contributed by atoms with Crippen LogP contribution in [0.4, 0.5) is 4.79 Å². The normalized spacial score (nSPS) is 12.7. The first-order valence-electron chi connectivity index (χ1n) is 11.0. The van der Waals surface area contributed by atoms with Crippen LogP contribution in [-0.2, 0) is 14.3 Å². The number of carboxylic acids is 1. The highest BCUT2D eigenvalue weighted by atomic mass is 16.5. The maximum Gasteiger partial charge on any atom is 0.407 e. The van der Waals surface area contributed by atoms with Gasteiger partial charge in [0.25, 0.3) is 0 Å². The molecule has 0 radical (unpaired) electrons. The molecule has 33 heavy (non-hydrogen) atoms. The summed E-state index contributed by atoms with van der Waals surface area (Å²) in [6.07, 6.45) is 0.923. The molecular formula is C25H27N3O5. The van der Waals surface area contributed by atoms with E-state index in [1.165, 1.54) is 0 Å². The number of nitrogens with zero attached hydrogens (tertiary/aromatic N) is 1. The minimum Gasteiger partial charge on any atom is -0.481 e. The first-order chi connectivity index (χ1) is 16.0. The van der Waals surface area contributed by atoms with Gasteiger partial charge in [0.1, 0.15) is 12.6 Å². The van der Waals surface area contributed by atoms with Crippen molar-refractivity contribution in [3.05, 3.63) is 59.7 Å². The van der Waals surface area contributed by atoms with Gasteiger partial charge in [0.15, 0.2) is 0 Å². The number of ether oxygens (including phenoxy) is 1. The van der Waals surface area contributed by atoms with Crippen molar-refractivity contribution >= 4 is 18.0 Å². The molecule has 172 valence electrons. The highest BCUT2D eigenvalue weighted by Gasteiger charge is 2.29. The summed E-state index contributed by atoms with van der Waals surface area (Å²) in [5.74, 6) is -1.59. The molecule has 8 nitrogen and oxygen atoms in total. The lowest BCUT2D eigenvalue weighted by atomic mass is 9.98. The van der Waals surface area contributed by atoms with E-state index < -0.39 is 24.0 Å². The lowest BCUT2D eigenvalue weighted by Gasteiger charge is -2.19. The van der Waals surface area contributed by atoms with Crippen LogP contribution in [-0.4, -0.2) is 42.3 Å². The molecule has 1 aliphatic carbocycles. The van der Waals surface area contributed by atoms with Crippen LogP contribution in [0, 0.1) is 11.3 Å². The molecule has 0 heterocycles. The van der Waals surface area contributed by atoms with Gasteiger partial charge in [-0.2, -0.15) is 5.26 Å². The van der Waals surface area contributed by atoms with Crippen LogP contribution in [0.15, 0.2) is 48.5 Å². The Bertz CT molecular complexity index is 1000. The molecule has 2 amide bonds. The number of amides is 2. The number of aliphatic carboxylic acids is 1. The van der Waals surface area contributed by atoms with Crippen molar-refractivity contribution in [2.75, 3.05) is 13.2 Å². The molecule has 1 aliphatic rings. The average Bonchev–Trinajstić information content (AvgIpc) is 3.13. The second-order valence-corrected chi connectivity index (χ2v) is 7.86. The molecule has 0 aromatic heterocycles. The summed E-state index contributed by atoms with van der Waals surface area (Å²) < 4.78 is 5.51. The van der Waals surface area contributed by atoms with Gasteiger partial charge < -0.3 is 20.5 Å². The summed E-state index contributed by atoms with van der Waals surface area (Å²) in [6, 6.07) is 17.2. The third-order valence-corrected chi connectivity index (χ3v) is 5.62. The quantitative estimate of drug-likeness (QED) is 0.450. The van der Waals surface area contributed by atoms with E-state index in [1.54, 1.807) is 0 Å². The molecule has 0 bridgehead atoms. The summed E-state index contributed by atoms with van der Waals surface area (Å²) in [5.41, 5.74) is 4.42. The highest BCUT2D eigenvalue weighted by molar-refractivity contribution is 5.86. The average molecular weight is 450 g/mol. The minimum atomic E-state index is -1.02. The Labute approximate surface area is 192 Å². The van der Waals surface area contributed by atoms with E-state index in [9.17, 15) is 14.4 Å². The van der Waals surface area contributed by atoms with Crippen LogP contribution in [0.1, 0.15) is 49.1 Å². The van der Waals surface area contributed by atoms with Crippen molar-refractivity contribution in [2.45, 2.75) is 44.1 Å². The number of benzene rings is 2. The molecule has 1 unspecified atom stereocenters. The topological polar surface area (TPSA) is 129 Å². The molecule has 2 aromatic carbocycles. The van der Waals surface area contributed by atoms with E-state index in [0.717, 1.165) is 22.3 Å². The van der Waals surface area contributed by atoms with Crippen LogP contribution >= 0.6 is 0 Å². The third-order valence-electron chi connectivity index (χ3n) is 5.62. The number of hydrogen-bond donors (Lipinski definition) is 3. The molecule has 3 N–H and O–H groups in total. The minimum absolute atomic E-state index is 0.0325. The molecule has 0 spiro atoms. The molecule has 1 atom stereocenters. The van der Waals surface area contributed by atoms with Crippen LogP contribution < -0.4 is 10.6 Å². The van der Waals surface area contributed by atoms with Gasteiger partial charge in [0.2, 0.25) is 5.91 Å². The number of fused-ring (bicyclic) bond motifs is 3. The fourth-order valence-corrected chi connectivity index (χ4v) is 4.02. The van der Waals surface area contributed by atoms with Gasteiger partial charge in [0, 0.05) is 18.9 Å². The molecular weight excluding hydrogens is 422 g/mol. The number of carboxylic acid groups (broad SMARTS) is 1. The number of hydrogen-bond acceptors (Lipinski definition) is 5. The van der Waals surface area contributed by atoms with E-state index in [0.29, 0.717) is 25.7 Å². The Hall–Kier alpha value is -3.86. The number of unbranched alkanes of at least 4 members (excludes halogenated alkanes) is 2. The van der Waals surface area contributed by atoms with Gasteiger partial charge in [-0.1, -0.05) is 48.5 Å². The van der Waals surface area contributed by atoms with E-state index in [4.69, 9.17) is 15.1 Å². The predicted octanol–water partition coefficient (Wildman–Crippen LogP) is 3.57. The van der Waals surface area contributed by atoms with Crippen LogP contribution in [0.2, 0.25) is 0 Å². The standard InChI is InChI=1S/C25H27N3O5/c26-14-7-1-2-12-22(24(31)27-15-13-23(29)30)28-25(32)33-16-21-19-10-5-3-8-17(19)18-9-4-6-11-20(18)21/h3-6,8-11,21-22H,1-2,7,12-13,15-16H2,(H,27,31)(H,28,32)(H,29,30). The number of carbonyl (C=O) groups is 3. The summed E-state index contributed by atoms with van der Waals surface area (Å²) >= 11 is 0. The smallest absolute Gasteiger partial charge is 0.407 e. The number of carbonyl (C=O) groups excluding carboxylic acids is 2. The first-order valence-corrected chi connectivity index (χ1v) is 11.0. The van der Waals surface area contributed by atoms with E-state index in [1.807, 2.05) is 54.6 Å². The fraction of sp³-hybridized carbons (Fsp3) is 0.360. The van der Waals surface area contributed by atoms with Gasteiger partial charge in [-0.15, -0.1) is 0 Å². The van der Waals surface area contributed by atoms with Crippen molar-refractivity contribution in [3.8, 4) is 17.2 Å². The monoisotopic (exact) mass is 449 g/mol. The van der Waals surface area contributed by atoms with Gasteiger partial charge >= 0.3 is 12.1 Å². The molecule has 0 saturated heterocycles. The lowest BCUT2D eigenvalue weighted by molar-refractivity contribution is -0.137. The van der Waals surface area contributed by atoms with Gasteiger partial charge in [-0.25, -0.2) is 4.79 Å². The van der Waals surface area contributed by atoms with E-state index in [-0.39, 0.29) is 25.5 Å². The second kappa shape index (κ2) is 11.7. The zero-order valence-corrected chi connectivity index (χ0v) is 18.3. The van der Waals surface area contributed by atoms with Crippen molar-refractivity contribution in [1.29, 1.82) is 5.26 Å². The fourth-order valence-electron chi connectivity index (χ4n) is 4.02. The maximum atomic E-state index is 12.5. The van der Waals surface area contributed by atoms with Gasteiger partial charge in [0.05, 0.1) is 12.5 Å². The van der Waals surface area contributed by atoms with E-state index in [2.05, 4.69) is 10.6 Å². The molecule has 2 aromatic rings. The summed E-state index contributed by atoms with van der Waals surface area (Å²) in [5, 5.41) is 22.6. The highest BCUT2D eigenvalue weighted by Crippen LogP contribution is 2.44. The molecule has 3 rings (SSSR count). The summed E-state index contributed by atoms with van der Waals surface area (Å²) in [4.78, 5) is 35.7. The maximum absolute atomic E-state index is 12.5. The van der Waals surface area contributed by atoms with Crippen LogP contribution in [0.5, 0.6) is 0 Å². The van der Waals surface area contributed by atoms with Crippen LogP contribution in [0.25, 0.3) is 11.1 Å². The van der Waals surface area contributed by atoms with Crippen molar-refractivity contribution in [1.82, 2.24) is 10.6 Å². The third kappa shape index (κ3) is 6.32. The van der Waals surface area contributed by atoms with Gasteiger partial charge in [-0.3, -0.25) is 9.59 Å². The Morgan fingerprint density at radius 2 is 1.67 bits per heavy atom. The Balaban J connectivity index is 1.60. The van der Waals surface area contributed by atoms with Crippen molar-refractivity contribution < 1.29 is 24.2 Å². The zero-order chi connectivity index (χ0) is 23.6. The van der Waals surface area contributed by atoms with Crippen molar-refractivity contribution in [3.63, 3.8) is 0 Å². The number of rotatable bonds is 11. The largest absolute Gasteiger partial charge is 0.481 e. The number of nitrogens with one attached hydrogen (secondary N) is 2. The summed E-state index contributed by atoms with van der Waals surface area (Å²) in [7, 11) is 0. The molecule has 0 fully saturated rings. The Morgan fingerprint density at radius 3 is 2.27 bits per heavy atom. The van der Waals surface area contributed by atoms with Crippen LogP contribution in [0.3, 0.4) is 0 Å². The molecule has 8 heteroatoms. The summed E-state index contributed by atoms with van der Waals surface area (Å²) in [6.45, 7) is 0.0941. The Morgan fingerprint density at radius 1 is 1.03 bits per heavy atom. The van der Waals surface area contributed by atoms with Crippen molar-refractivity contribution in [2.24, 2.45) is 0 Å². The lowest BCUT2D eigenvalue weighted by Crippen LogP contribution is -2.47. The first kappa shape index (κ1) is 23.8. The number of alkyl carbamates (subject to hydrolysis) is 1.